The smallest absolute Gasteiger partial charge is 0.280 e. The van der Waals surface area contributed by atoms with Crippen LogP contribution in [0.4, 0.5) is 0 Å². The van der Waals surface area contributed by atoms with Gasteiger partial charge in [0.1, 0.15) is 0 Å². The number of thiophene rings is 2. The monoisotopic (exact) mass is 314 g/mol. The topological polar surface area (TPSA) is 65.4 Å². The molecule has 3 aromatic heterocycles. The Labute approximate surface area is 128 Å². The molecular weight excluding hydrogens is 304 g/mol. The van der Waals surface area contributed by atoms with E-state index in [2.05, 4.69) is 9.98 Å². The molecule has 6 heteroatoms. The summed E-state index contributed by atoms with van der Waals surface area (Å²) in [6.45, 7) is 2.01. The standard InChI is InChI=1S/C15H10N2O2S2/c1-7-4-5-9(21-7)13-11-10(14(18)17-13)12(16-15(11)19)8-3-2-6-20-8/h2-6,17-18H,1H3. The van der Waals surface area contributed by atoms with Crippen molar-refractivity contribution in [1.29, 1.82) is 0 Å². The van der Waals surface area contributed by atoms with Crippen LogP contribution in [0, 0.1) is 6.92 Å². The van der Waals surface area contributed by atoms with Crippen LogP contribution in [0.1, 0.15) is 25.7 Å². The summed E-state index contributed by atoms with van der Waals surface area (Å²) in [4.78, 5) is 22.3. The highest BCUT2D eigenvalue weighted by Crippen LogP contribution is 2.40. The van der Waals surface area contributed by atoms with Crippen LogP contribution in [0.15, 0.2) is 34.6 Å². The number of aromatic nitrogens is 1. The van der Waals surface area contributed by atoms with Crippen LogP contribution in [0.3, 0.4) is 0 Å². The molecule has 4 rings (SSSR count). The fourth-order valence-corrected chi connectivity index (χ4v) is 4.08. The average molecular weight is 314 g/mol. The Bertz CT molecular complexity index is 885. The summed E-state index contributed by atoms with van der Waals surface area (Å²) in [5.41, 5.74) is 2.19. The number of amides is 1. The third kappa shape index (κ3) is 1.80. The third-order valence-corrected chi connectivity index (χ3v) is 5.28. The first-order chi connectivity index (χ1) is 10.1. The Hall–Kier alpha value is -2.18. The van der Waals surface area contributed by atoms with Gasteiger partial charge in [0.25, 0.3) is 5.91 Å². The molecule has 0 saturated carbocycles. The van der Waals surface area contributed by atoms with E-state index in [4.69, 9.17) is 0 Å². The van der Waals surface area contributed by atoms with Gasteiger partial charge in [-0.05, 0) is 30.5 Å². The number of fused-ring (bicyclic) bond motifs is 1. The number of hydrogen-bond donors (Lipinski definition) is 2. The molecular formula is C15H10N2O2S2. The minimum absolute atomic E-state index is 0.00375. The Kier molecular flexibility index (Phi) is 2.63. The first-order valence-corrected chi connectivity index (χ1v) is 8.04. The van der Waals surface area contributed by atoms with Crippen molar-refractivity contribution in [1.82, 2.24) is 4.98 Å². The van der Waals surface area contributed by atoms with Crippen molar-refractivity contribution in [2.45, 2.75) is 6.92 Å². The van der Waals surface area contributed by atoms with Gasteiger partial charge in [-0.2, -0.15) is 0 Å². The normalized spacial score (nSPS) is 13.6. The molecule has 0 saturated heterocycles. The van der Waals surface area contributed by atoms with Gasteiger partial charge in [0.15, 0.2) is 5.88 Å². The van der Waals surface area contributed by atoms with Gasteiger partial charge >= 0.3 is 0 Å². The molecule has 0 fully saturated rings. The van der Waals surface area contributed by atoms with Gasteiger partial charge in [-0.3, -0.25) is 4.79 Å². The second kappa shape index (κ2) is 4.41. The minimum atomic E-state index is -0.300. The Morgan fingerprint density at radius 2 is 2.05 bits per heavy atom. The number of nitrogens with zero attached hydrogens (tertiary/aromatic N) is 1. The van der Waals surface area contributed by atoms with Crippen LogP contribution >= 0.6 is 22.7 Å². The summed E-state index contributed by atoms with van der Waals surface area (Å²) in [5, 5.41) is 12.2. The summed E-state index contributed by atoms with van der Waals surface area (Å²) in [7, 11) is 0. The average Bonchev–Trinajstić information content (AvgIpc) is 3.17. The minimum Gasteiger partial charge on any atom is -0.494 e. The van der Waals surface area contributed by atoms with Crippen LogP contribution in [0.25, 0.3) is 10.6 Å². The number of rotatable bonds is 2. The van der Waals surface area contributed by atoms with Crippen molar-refractivity contribution < 1.29 is 9.90 Å². The number of aryl methyl sites for hydroxylation is 1. The highest BCUT2D eigenvalue weighted by Gasteiger charge is 2.34. The highest BCUT2D eigenvalue weighted by molar-refractivity contribution is 7.15. The number of aromatic amines is 1. The maximum Gasteiger partial charge on any atom is 0.280 e. The number of nitrogens with one attached hydrogen (secondary N) is 1. The van der Waals surface area contributed by atoms with Crippen LogP contribution in [-0.2, 0) is 0 Å². The van der Waals surface area contributed by atoms with E-state index in [0.717, 1.165) is 14.6 Å². The molecule has 0 bridgehead atoms. The fraction of sp³-hybridized carbons (Fsp3) is 0.0667. The molecule has 0 aliphatic carbocycles. The van der Waals surface area contributed by atoms with E-state index in [9.17, 15) is 9.90 Å². The first kappa shape index (κ1) is 12.6. The van der Waals surface area contributed by atoms with Crippen LogP contribution in [0.2, 0.25) is 0 Å². The Morgan fingerprint density at radius 3 is 2.71 bits per heavy atom. The molecule has 104 valence electrons. The third-order valence-electron chi connectivity index (χ3n) is 3.39. The summed E-state index contributed by atoms with van der Waals surface area (Å²) in [5.74, 6) is -0.296. The maximum absolute atomic E-state index is 12.3. The molecule has 0 unspecified atom stereocenters. The number of carbonyl (C=O) groups is 1. The zero-order valence-electron chi connectivity index (χ0n) is 11.0. The van der Waals surface area contributed by atoms with Gasteiger partial charge in [0.2, 0.25) is 0 Å². The molecule has 1 aliphatic rings. The van der Waals surface area contributed by atoms with Crippen molar-refractivity contribution in [3.63, 3.8) is 0 Å². The lowest BCUT2D eigenvalue weighted by molar-refractivity contribution is 0.101. The van der Waals surface area contributed by atoms with E-state index in [1.165, 1.54) is 11.3 Å². The molecule has 0 atom stereocenters. The fourth-order valence-electron chi connectivity index (χ4n) is 2.49. The van der Waals surface area contributed by atoms with E-state index in [1.54, 1.807) is 11.3 Å². The van der Waals surface area contributed by atoms with Gasteiger partial charge in [-0.25, -0.2) is 4.99 Å². The van der Waals surface area contributed by atoms with E-state index in [0.29, 0.717) is 22.5 Å². The van der Waals surface area contributed by atoms with E-state index in [1.807, 2.05) is 36.6 Å². The van der Waals surface area contributed by atoms with E-state index in [-0.39, 0.29) is 11.8 Å². The van der Waals surface area contributed by atoms with Gasteiger partial charge in [-0.15, -0.1) is 22.7 Å². The van der Waals surface area contributed by atoms with Crippen molar-refractivity contribution in [2.24, 2.45) is 4.99 Å². The Morgan fingerprint density at radius 1 is 1.19 bits per heavy atom. The van der Waals surface area contributed by atoms with Crippen molar-refractivity contribution in [3.8, 4) is 16.5 Å². The molecule has 4 nitrogen and oxygen atoms in total. The lowest BCUT2D eigenvalue weighted by Crippen LogP contribution is -1.96. The predicted molar refractivity (Wildman–Crippen MR) is 84.8 cm³/mol. The van der Waals surface area contributed by atoms with Crippen LogP contribution in [-0.4, -0.2) is 21.7 Å². The van der Waals surface area contributed by atoms with Gasteiger partial charge < -0.3 is 10.1 Å². The molecule has 1 aliphatic heterocycles. The highest BCUT2D eigenvalue weighted by atomic mass is 32.1. The largest absolute Gasteiger partial charge is 0.494 e. The number of aromatic hydroxyl groups is 1. The maximum atomic E-state index is 12.3. The van der Waals surface area contributed by atoms with Crippen molar-refractivity contribution in [3.05, 3.63) is 50.5 Å². The molecule has 0 radical (unpaired) electrons. The second-order valence-corrected chi connectivity index (χ2v) is 6.99. The van der Waals surface area contributed by atoms with E-state index < -0.39 is 0 Å². The number of H-pyrrole nitrogens is 1. The zero-order valence-corrected chi connectivity index (χ0v) is 12.6. The number of hydrogen-bond acceptors (Lipinski definition) is 4. The number of carbonyl (C=O) groups excluding carboxylic acids is 1. The first-order valence-electron chi connectivity index (χ1n) is 6.34. The molecule has 3 aromatic rings. The SMILES string of the molecule is Cc1ccc(-c2[nH]c(O)c3c2C(=O)N=C3c2cccs2)s1. The summed E-state index contributed by atoms with van der Waals surface area (Å²) < 4.78 is 0. The number of aliphatic imine (C=N–C) groups is 1. The van der Waals surface area contributed by atoms with Crippen molar-refractivity contribution >= 4 is 34.3 Å². The summed E-state index contributed by atoms with van der Waals surface area (Å²) in [6.07, 6.45) is 0. The molecule has 1 amide bonds. The van der Waals surface area contributed by atoms with Gasteiger partial charge in [0.05, 0.1) is 32.3 Å². The molecule has 21 heavy (non-hydrogen) atoms. The lowest BCUT2D eigenvalue weighted by Gasteiger charge is -1.96. The van der Waals surface area contributed by atoms with Crippen LogP contribution in [0.5, 0.6) is 5.88 Å². The molecule has 0 aromatic carbocycles. The summed E-state index contributed by atoms with van der Waals surface area (Å²) in [6, 6.07) is 7.73. The molecule has 4 heterocycles. The van der Waals surface area contributed by atoms with Gasteiger partial charge in [-0.1, -0.05) is 6.07 Å². The molecule has 0 spiro atoms. The van der Waals surface area contributed by atoms with Crippen LogP contribution < -0.4 is 0 Å². The van der Waals surface area contributed by atoms with Gasteiger partial charge in [0, 0.05) is 4.88 Å². The van der Waals surface area contributed by atoms with E-state index >= 15 is 0 Å². The predicted octanol–water partition coefficient (Wildman–Crippen LogP) is 3.81. The second-order valence-electron chi connectivity index (χ2n) is 4.75. The molecule has 2 N–H and O–H groups in total. The summed E-state index contributed by atoms with van der Waals surface area (Å²) >= 11 is 3.08. The Balaban J connectivity index is 1.93. The quantitative estimate of drug-likeness (QED) is 0.755. The zero-order chi connectivity index (χ0) is 14.6. The lowest BCUT2D eigenvalue weighted by atomic mass is 10.1. The van der Waals surface area contributed by atoms with Crippen molar-refractivity contribution in [2.75, 3.05) is 0 Å².